The molecule has 216 valence electrons. The van der Waals surface area contributed by atoms with Crippen molar-refractivity contribution in [3.05, 3.63) is 23.1 Å². The van der Waals surface area contributed by atoms with Gasteiger partial charge >= 0.3 is 6.18 Å². The Labute approximate surface area is 229 Å². The first-order valence-electron chi connectivity index (χ1n) is 13.1. The molecule has 3 aromatic rings. The molecule has 0 aliphatic carbocycles. The molecule has 0 radical (unpaired) electrons. The molecule has 2 aliphatic heterocycles. The number of ether oxygens (including phenoxy) is 1. The monoisotopic (exact) mass is 563 g/mol. The average molecular weight is 564 g/mol. The summed E-state index contributed by atoms with van der Waals surface area (Å²) in [6.45, 7) is 7.99. The van der Waals surface area contributed by atoms with Crippen molar-refractivity contribution >= 4 is 28.5 Å². The van der Waals surface area contributed by atoms with Crippen molar-refractivity contribution in [2.45, 2.75) is 45.0 Å². The van der Waals surface area contributed by atoms with Crippen LogP contribution in [-0.2, 0) is 6.18 Å². The molecule has 1 fully saturated rings. The molecular weight excluding hydrogens is 530 g/mol. The molecule has 0 aromatic carbocycles. The van der Waals surface area contributed by atoms with Gasteiger partial charge in [-0.15, -0.1) is 0 Å². The topological polar surface area (TPSA) is 117 Å². The van der Waals surface area contributed by atoms with Crippen LogP contribution in [0.25, 0.3) is 22.2 Å². The molecule has 40 heavy (non-hydrogen) atoms. The fourth-order valence-corrected chi connectivity index (χ4v) is 5.05. The second kappa shape index (κ2) is 10.1. The molecule has 0 bridgehead atoms. The summed E-state index contributed by atoms with van der Waals surface area (Å²) in [4.78, 5) is 21.3. The van der Waals surface area contributed by atoms with Crippen molar-refractivity contribution in [1.82, 2.24) is 30.2 Å². The molecule has 2 aliphatic rings. The highest BCUT2D eigenvalue weighted by Crippen LogP contribution is 2.43. The van der Waals surface area contributed by atoms with Crippen LogP contribution in [0.15, 0.2) is 6.07 Å². The third kappa shape index (κ3) is 5.05. The smallest absolute Gasteiger partial charge is 0.418 e. The van der Waals surface area contributed by atoms with Crippen LogP contribution >= 0.6 is 0 Å². The molecule has 5 heterocycles. The molecule has 1 saturated heterocycles. The Morgan fingerprint density at radius 2 is 1.85 bits per heavy atom. The number of aromatic nitrogens is 4. The van der Waals surface area contributed by atoms with E-state index in [1.165, 1.54) is 6.92 Å². The van der Waals surface area contributed by atoms with Crippen molar-refractivity contribution in [2.24, 2.45) is 0 Å². The lowest BCUT2D eigenvalue weighted by molar-refractivity contribution is -0.137. The summed E-state index contributed by atoms with van der Waals surface area (Å²) >= 11 is 0. The maximum atomic E-state index is 16.4. The van der Waals surface area contributed by atoms with Crippen LogP contribution in [0, 0.1) is 12.7 Å². The zero-order valence-corrected chi connectivity index (χ0v) is 23.1. The van der Waals surface area contributed by atoms with E-state index >= 15 is 4.39 Å². The van der Waals surface area contributed by atoms with Crippen LogP contribution in [0.2, 0.25) is 0 Å². The highest BCUT2D eigenvalue weighted by atomic mass is 19.4. The number of rotatable bonds is 3. The van der Waals surface area contributed by atoms with Gasteiger partial charge in [0.1, 0.15) is 28.2 Å². The van der Waals surface area contributed by atoms with Gasteiger partial charge in [-0.2, -0.15) is 18.2 Å². The molecule has 1 atom stereocenters. The number of hydrogen-bond acceptors (Lipinski definition) is 10. The number of aryl methyl sites for hydroxylation is 1. The van der Waals surface area contributed by atoms with Crippen molar-refractivity contribution in [2.75, 3.05) is 62.8 Å². The first-order chi connectivity index (χ1) is 18.8. The highest BCUT2D eigenvalue weighted by molar-refractivity contribution is 5.97. The largest absolute Gasteiger partial charge is 0.474 e. The quantitative estimate of drug-likeness (QED) is 0.409. The number of nitrogens with one attached hydrogen (secondary N) is 2. The molecule has 0 amide bonds. The van der Waals surface area contributed by atoms with Crippen LogP contribution in [0.4, 0.5) is 35.1 Å². The number of alkyl halides is 3. The Bertz CT molecular complexity index is 1440. The lowest BCUT2D eigenvalue weighted by Gasteiger charge is -2.51. The van der Waals surface area contributed by atoms with Gasteiger partial charge in [-0.05, 0) is 53.9 Å². The van der Waals surface area contributed by atoms with Gasteiger partial charge in [0.25, 0.3) is 0 Å². The standard InChI is InChI=1S/C26H33F4N9O/c1-13-6-7-32-8-9-33-22-17-21(36-24(37-22)39-11-25(3,12-39)38(4)5)19(27)20(35-23(17)40-13)15-10-16(31)34-14(2)18(15)26(28,29)30/h10,13,32H,6-9,11-12H2,1-5H3,(H2,31,34)(H,33,36,37)/t13-/m0/s1. The third-order valence-corrected chi connectivity index (χ3v) is 7.56. The highest BCUT2D eigenvalue weighted by Gasteiger charge is 2.43. The van der Waals surface area contributed by atoms with Crippen molar-refractivity contribution < 1.29 is 22.3 Å². The number of pyridine rings is 2. The van der Waals surface area contributed by atoms with Crippen LogP contribution in [-0.4, -0.2) is 83.3 Å². The Morgan fingerprint density at radius 1 is 1.12 bits per heavy atom. The van der Waals surface area contributed by atoms with Gasteiger partial charge in [0.2, 0.25) is 11.8 Å². The number of anilines is 3. The Hall–Kier alpha value is -3.52. The van der Waals surface area contributed by atoms with Crippen molar-refractivity contribution in [3.8, 4) is 17.1 Å². The number of nitrogen functional groups attached to an aromatic ring is 1. The lowest BCUT2D eigenvalue weighted by Crippen LogP contribution is -2.67. The van der Waals surface area contributed by atoms with E-state index in [0.717, 1.165) is 6.07 Å². The minimum absolute atomic E-state index is 0.0576. The van der Waals surface area contributed by atoms with Gasteiger partial charge in [0, 0.05) is 31.7 Å². The second-order valence-electron chi connectivity index (χ2n) is 10.9. The summed E-state index contributed by atoms with van der Waals surface area (Å²) in [6, 6.07) is 0.984. The van der Waals surface area contributed by atoms with E-state index in [4.69, 9.17) is 15.5 Å². The van der Waals surface area contributed by atoms with E-state index in [-0.39, 0.29) is 45.9 Å². The number of halogens is 4. The summed E-state index contributed by atoms with van der Waals surface area (Å²) < 4.78 is 65.2. The fraction of sp³-hybridized carbons (Fsp3) is 0.538. The van der Waals surface area contributed by atoms with Crippen LogP contribution in [0.5, 0.6) is 5.88 Å². The average Bonchev–Trinajstić information content (AvgIpc) is 2.86. The van der Waals surface area contributed by atoms with E-state index in [9.17, 15) is 13.2 Å². The van der Waals surface area contributed by atoms with Gasteiger partial charge in [-0.25, -0.2) is 19.3 Å². The number of nitrogens with zero attached hydrogens (tertiary/aromatic N) is 6. The zero-order chi connectivity index (χ0) is 29.0. The number of nitrogens with two attached hydrogens (primary N) is 1. The zero-order valence-electron chi connectivity index (χ0n) is 23.1. The Balaban J connectivity index is 1.78. The van der Waals surface area contributed by atoms with Crippen molar-refractivity contribution in [1.29, 1.82) is 0 Å². The first-order valence-corrected chi connectivity index (χ1v) is 13.1. The van der Waals surface area contributed by atoms with Crippen LogP contribution in [0.3, 0.4) is 0 Å². The SMILES string of the molecule is Cc1nc(N)cc(-c2nc3c4c(nc(N5CC(C)(N(C)C)C5)nc4c2F)NCCNCC[C@H](C)O3)c1C(F)(F)F. The van der Waals surface area contributed by atoms with Gasteiger partial charge in [0.05, 0.1) is 22.9 Å². The Kier molecular flexibility index (Phi) is 7.11. The normalized spacial score (nSPS) is 19.6. The molecule has 3 aromatic heterocycles. The van der Waals surface area contributed by atoms with E-state index in [1.54, 1.807) is 0 Å². The number of likely N-dealkylation sites (N-methyl/N-ethyl adjacent to an activating group) is 1. The molecule has 10 nitrogen and oxygen atoms in total. The van der Waals surface area contributed by atoms with Crippen LogP contribution in [0.1, 0.15) is 31.5 Å². The van der Waals surface area contributed by atoms with Gasteiger partial charge in [-0.3, -0.25) is 0 Å². The predicted molar refractivity (Wildman–Crippen MR) is 145 cm³/mol. The molecule has 4 N–H and O–H groups in total. The summed E-state index contributed by atoms with van der Waals surface area (Å²) in [5.74, 6) is -0.722. The van der Waals surface area contributed by atoms with E-state index in [1.807, 2.05) is 25.9 Å². The van der Waals surface area contributed by atoms with E-state index in [2.05, 4.69) is 37.4 Å². The van der Waals surface area contributed by atoms with Crippen molar-refractivity contribution in [3.63, 3.8) is 0 Å². The van der Waals surface area contributed by atoms with E-state index < -0.39 is 28.8 Å². The molecular formula is C26H33F4N9O. The molecule has 0 spiro atoms. The first kappa shape index (κ1) is 28.0. The minimum atomic E-state index is -4.83. The molecule has 14 heteroatoms. The predicted octanol–water partition coefficient (Wildman–Crippen LogP) is 3.45. The maximum absolute atomic E-state index is 16.4. The van der Waals surface area contributed by atoms with E-state index in [0.29, 0.717) is 45.0 Å². The second-order valence-corrected chi connectivity index (χ2v) is 10.9. The van der Waals surface area contributed by atoms with Gasteiger partial charge < -0.3 is 30.9 Å². The molecule has 0 unspecified atom stereocenters. The van der Waals surface area contributed by atoms with Crippen LogP contribution < -0.4 is 26.0 Å². The fourth-order valence-electron chi connectivity index (χ4n) is 5.05. The summed E-state index contributed by atoms with van der Waals surface area (Å²) in [7, 11) is 3.95. The summed E-state index contributed by atoms with van der Waals surface area (Å²) in [5.41, 5.74) is 2.91. The third-order valence-electron chi connectivity index (χ3n) is 7.56. The molecule has 0 saturated carbocycles. The minimum Gasteiger partial charge on any atom is -0.474 e. The summed E-state index contributed by atoms with van der Waals surface area (Å²) in [6.07, 6.45) is -4.62. The lowest BCUT2D eigenvalue weighted by atomic mass is 9.91. The van der Waals surface area contributed by atoms with Gasteiger partial charge in [0.15, 0.2) is 5.82 Å². The summed E-state index contributed by atoms with van der Waals surface area (Å²) in [5, 5.41) is 6.69. The van der Waals surface area contributed by atoms with Gasteiger partial charge in [-0.1, -0.05) is 0 Å². The molecule has 5 rings (SSSR count). The Morgan fingerprint density at radius 3 is 2.52 bits per heavy atom. The maximum Gasteiger partial charge on any atom is 0.418 e. The number of hydrogen-bond donors (Lipinski definition) is 3.